The molecule has 0 spiro atoms. The fraction of sp³-hybridized carbons (Fsp3) is 0.235. The Morgan fingerprint density at radius 1 is 1.26 bits per heavy atom. The first kappa shape index (κ1) is 17.6. The van der Waals surface area contributed by atoms with Crippen molar-refractivity contribution in [2.45, 2.75) is 12.3 Å². The van der Waals surface area contributed by atoms with Crippen LogP contribution >= 0.6 is 23.4 Å². The van der Waals surface area contributed by atoms with Gasteiger partial charge in [-0.3, -0.25) is 4.79 Å². The molecule has 0 fully saturated rings. The molecule has 2 aromatic rings. The molecule has 0 aliphatic carbocycles. The molecule has 0 aromatic heterocycles. The highest BCUT2D eigenvalue weighted by Gasteiger charge is 2.07. The third-order valence-electron chi connectivity index (χ3n) is 3.17. The number of hydrogen-bond donors (Lipinski definition) is 1. The summed E-state index contributed by atoms with van der Waals surface area (Å²) in [5.74, 6) is 0.973. The second-order valence-electron chi connectivity index (χ2n) is 4.82. The lowest BCUT2D eigenvalue weighted by atomic mass is 10.2. The summed E-state index contributed by atoms with van der Waals surface area (Å²) in [6.45, 7) is 0.402. The first-order chi connectivity index (χ1) is 11.1. The Hall–Kier alpha value is -1.72. The topological polar surface area (TPSA) is 38.3 Å². The molecule has 2 aromatic carbocycles. The maximum atomic E-state index is 13.6. The molecule has 122 valence electrons. The van der Waals surface area contributed by atoms with Crippen molar-refractivity contribution in [2.24, 2.45) is 0 Å². The fourth-order valence-corrected chi connectivity index (χ4v) is 2.99. The van der Waals surface area contributed by atoms with Crippen LogP contribution in [0, 0.1) is 5.82 Å². The Bertz CT molecular complexity index is 681. The van der Waals surface area contributed by atoms with Crippen molar-refractivity contribution in [3.63, 3.8) is 0 Å². The van der Waals surface area contributed by atoms with Crippen LogP contribution in [0.3, 0.4) is 0 Å². The minimum absolute atomic E-state index is 0.102. The van der Waals surface area contributed by atoms with Gasteiger partial charge >= 0.3 is 0 Å². The molecule has 2 rings (SSSR count). The van der Waals surface area contributed by atoms with E-state index in [0.29, 0.717) is 22.9 Å². The van der Waals surface area contributed by atoms with E-state index < -0.39 is 0 Å². The molecule has 0 radical (unpaired) electrons. The smallest absolute Gasteiger partial charge is 0.230 e. The molecule has 0 unspecified atom stereocenters. The molecule has 1 amide bonds. The number of methoxy groups -OCH3 is 1. The molecule has 0 heterocycles. The number of carbonyl (C=O) groups is 1. The van der Waals surface area contributed by atoms with Crippen molar-refractivity contribution in [3.8, 4) is 5.75 Å². The average Bonchev–Trinajstić information content (AvgIpc) is 2.55. The number of halogens is 2. The number of rotatable bonds is 7. The van der Waals surface area contributed by atoms with Crippen molar-refractivity contribution >= 4 is 29.3 Å². The molecule has 0 aliphatic rings. The van der Waals surface area contributed by atoms with Gasteiger partial charge in [0.1, 0.15) is 11.6 Å². The highest BCUT2D eigenvalue weighted by atomic mass is 35.5. The zero-order valence-electron chi connectivity index (χ0n) is 12.6. The van der Waals surface area contributed by atoms with Crippen LogP contribution < -0.4 is 10.1 Å². The number of benzene rings is 2. The number of nitrogens with one attached hydrogen (secondary N) is 1. The molecule has 0 saturated heterocycles. The van der Waals surface area contributed by atoms with Crippen molar-refractivity contribution in [3.05, 3.63) is 64.4 Å². The normalized spacial score (nSPS) is 10.4. The molecule has 3 nitrogen and oxygen atoms in total. The Morgan fingerprint density at radius 3 is 2.78 bits per heavy atom. The minimum Gasteiger partial charge on any atom is -0.496 e. The van der Waals surface area contributed by atoms with E-state index in [0.717, 1.165) is 11.3 Å². The van der Waals surface area contributed by atoms with Gasteiger partial charge in [-0.15, -0.1) is 11.8 Å². The molecular weight excluding hydrogens is 337 g/mol. The maximum absolute atomic E-state index is 13.6. The third kappa shape index (κ3) is 5.44. The largest absolute Gasteiger partial charge is 0.496 e. The van der Waals surface area contributed by atoms with Crippen LogP contribution in [0.5, 0.6) is 5.75 Å². The van der Waals surface area contributed by atoms with Gasteiger partial charge in [-0.25, -0.2) is 4.39 Å². The lowest BCUT2D eigenvalue weighted by Gasteiger charge is -2.09. The van der Waals surface area contributed by atoms with Gasteiger partial charge in [0.15, 0.2) is 0 Å². The number of thioether (sulfide) groups is 1. The zero-order valence-corrected chi connectivity index (χ0v) is 14.2. The molecule has 0 saturated carbocycles. The number of para-hydroxylation sites is 1. The Morgan fingerprint density at radius 2 is 2.04 bits per heavy atom. The number of ether oxygens (including phenoxy) is 1. The molecular formula is C17H17ClFNO2S. The van der Waals surface area contributed by atoms with E-state index in [9.17, 15) is 9.18 Å². The Kier molecular flexibility index (Phi) is 6.74. The summed E-state index contributed by atoms with van der Waals surface area (Å²) in [5.41, 5.74) is 1.45. The van der Waals surface area contributed by atoms with E-state index in [4.69, 9.17) is 16.3 Å². The van der Waals surface area contributed by atoms with Crippen LogP contribution in [-0.2, 0) is 17.1 Å². The van der Waals surface area contributed by atoms with Crippen molar-refractivity contribution < 1.29 is 13.9 Å². The molecule has 23 heavy (non-hydrogen) atoms. The van der Waals surface area contributed by atoms with Gasteiger partial charge < -0.3 is 10.1 Å². The predicted molar refractivity (Wildman–Crippen MR) is 92.4 cm³/mol. The van der Waals surface area contributed by atoms with Gasteiger partial charge in [0.2, 0.25) is 5.91 Å². The van der Waals surface area contributed by atoms with Crippen LogP contribution in [-0.4, -0.2) is 18.8 Å². The Labute approximate surface area is 144 Å². The van der Waals surface area contributed by atoms with Crippen LogP contribution in [0.1, 0.15) is 11.1 Å². The quantitative estimate of drug-likeness (QED) is 0.816. The van der Waals surface area contributed by atoms with Gasteiger partial charge in [0.05, 0.1) is 12.9 Å². The lowest BCUT2D eigenvalue weighted by Crippen LogP contribution is -2.24. The molecule has 0 bridgehead atoms. The molecule has 1 N–H and O–H groups in total. The van der Waals surface area contributed by atoms with E-state index in [1.165, 1.54) is 17.8 Å². The summed E-state index contributed by atoms with van der Waals surface area (Å²) >= 11 is 7.06. The number of carbonyl (C=O) groups excluding carboxylic acids is 1. The second-order valence-corrected chi connectivity index (χ2v) is 6.24. The van der Waals surface area contributed by atoms with Gasteiger partial charge in [-0.2, -0.15) is 0 Å². The first-order valence-electron chi connectivity index (χ1n) is 7.00. The average molecular weight is 354 g/mol. The Balaban J connectivity index is 1.77. The van der Waals surface area contributed by atoms with Crippen LogP contribution in [0.15, 0.2) is 42.5 Å². The summed E-state index contributed by atoms with van der Waals surface area (Å²) in [7, 11) is 1.59. The van der Waals surface area contributed by atoms with Crippen molar-refractivity contribution in [2.75, 3.05) is 12.9 Å². The van der Waals surface area contributed by atoms with Gasteiger partial charge in [0.25, 0.3) is 0 Å². The van der Waals surface area contributed by atoms with Crippen LogP contribution in [0.25, 0.3) is 0 Å². The van der Waals surface area contributed by atoms with E-state index in [2.05, 4.69) is 5.32 Å². The second kappa shape index (κ2) is 8.79. The molecule has 6 heteroatoms. The zero-order chi connectivity index (χ0) is 16.7. The molecule has 0 atom stereocenters. The summed E-state index contributed by atoms with van der Waals surface area (Å²) in [4.78, 5) is 11.9. The monoisotopic (exact) mass is 353 g/mol. The van der Waals surface area contributed by atoms with E-state index in [1.807, 2.05) is 24.3 Å². The summed E-state index contributed by atoms with van der Waals surface area (Å²) in [5, 5.41) is 3.20. The first-order valence-corrected chi connectivity index (χ1v) is 8.53. The van der Waals surface area contributed by atoms with Gasteiger partial charge in [-0.05, 0) is 23.8 Å². The minimum atomic E-state index is -0.348. The lowest BCUT2D eigenvalue weighted by molar-refractivity contribution is -0.118. The van der Waals surface area contributed by atoms with Gasteiger partial charge in [0, 0.05) is 22.9 Å². The summed E-state index contributed by atoms with van der Waals surface area (Å²) < 4.78 is 18.8. The third-order valence-corrected chi connectivity index (χ3v) is 4.39. The number of amides is 1. The van der Waals surface area contributed by atoms with Crippen LogP contribution in [0.4, 0.5) is 4.39 Å². The fourth-order valence-electron chi connectivity index (χ4n) is 1.99. The summed E-state index contributed by atoms with van der Waals surface area (Å²) in [6.07, 6.45) is 0. The van der Waals surface area contributed by atoms with E-state index >= 15 is 0 Å². The standard InChI is InChI=1S/C17H17ClFNO2S/c1-22-16-5-3-2-4-12(16)9-20-17(21)11-23-10-13-6-7-14(18)8-15(13)19/h2-8H,9-11H2,1H3,(H,20,21). The SMILES string of the molecule is COc1ccccc1CNC(=O)CSCc1ccc(Cl)cc1F. The van der Waals surface area contributed by atoms with Crippen molar-refractivity contribution in [1.82, 2.24) is 5.32 Å². The maximum Gasteiger partial charge on any atom is 0.230 e. The van der Waals surface area contributed by atoms with Crippen molar-refractivity contribution in [1.29, 1.82) is 0 Å². The highest BCUT2D eigenvalue weighted by molar-refractivity contribution is 7.99. The van der Waals surface area contributed by atoms with E-state index in [-0.39, 0.29) is 17.5 Å². The van der Waals surface area contributed by atoms with Gasteiger partial charge in [-0.1, -0.05) is 35.9 Å². The van der Waals surface area contributed by atoms with Crippen LogP contribution in [0.2, 0.25) is 5.02 Å². The molecule has 0 aliphatic heterocycles. The predicted octanol–water partition coefficient (Wildman–Crippen LogP) is 4.04. The highest BCUT2D eigenvalue weighted by Crippen LogP contribution is 2.20. The summed E-state index contributed by atoms with van der Waals surface area (Å²) in [6, 6.07) is 12.1. The van der Waals surface area contributed by atoms with E-state index in [1.54, 1.807) is 19.2 Å². The number of hydrogen-bond acceptors (Lipinski definition) is 3.